The molecule has 0 spiro atoms. The van der Waals surface area contributed by atoms with E-state index in [4.69, 9.17) is 0 Å². The van der Waals surface area contributed by atoms with Gasteiger partial charge in [0.25, 0.3) is 0 Å². The molecule has 0 saturated heterocycles. The van der Waals surface area contributed by atoms with Crippen LogP contribution in [0.1, 0.15) is 84.5 Å². The first-order valence-corrected chi connectivity index (χ1v) is 7.14. The highest BCUT2D eigenvalue weighted by molar-refractivity contribution is 4.59. The third-order valence-electron chi connectivity index (χ3n) is 3.26. The third-order valence-corrected chi connectivity index (χ3v) is 3.26. The predicted octanol–water partition coefficient (Wildman–Crippen LogP) is 5.77. The monoisotopic (exact) mass is 211 g/mol. The average Bonchev–Trinajstić information content (AvgIpc) is 2.24. The number of rotatable bonds is 11. The van der Waals surface area contributed by atoms with Crippen molar-refractivity contribution in [1.29, 1.82) is 0 Å². The third kappa shape index (κ3) is 10.3. The van der Waals surface area contributed by atoms with Crippen LogP contribution in [0.25, 0.3) is 0 Å². The van der Waals surface area contributed by atoms with Crippen LogP contribution in [0.3, 0.4) is 0 Å². The van der Waals surface area contributed by atoms with Gasteiger partial charge < -0.3 is 0 Å². The number of unbranched alkanes of at least 4 members (excludes halogenated alkanes) is 5. The fourth-order valence-corrected chi connectivity index (χ4v) is 2.39. The maximum absolute atomic E-state index is 3.88. The van der Waals surface area contributed by atoms with E-state index in [0.29, 0.717) is 0 Å². The Kier molecular flexibility index (Phi) is 12.1. The Morgan fingerprint density at radius 2 is 1.27 bits per heavy atom. The molecule has 0 aliphatic heterocycles. The number of hydrogen-bond donors (Lipinski definition) is 0. The van der Waals surface area contributed by atoms with Crippen molar-refractivity contribution in [3.05, 3.63) is 6.92 Å². The maximum Gasteiger partial charge on any atom is -0.0414 e. The molecule has 0 atom stereocenters. The summed E-state index contributed by atoms with van der Waals surface area (Å²) in [5.74, 6) is 1.02. The van der Waals surface area contributed by atoms with Crippen molar-refractivity contribution in [2.45, 2.75) is 84.5 Å². The van der Waals surface area contributed by atoms with Crippen LogP contribution in [0.4, 0.5) is 0 Å². The van der Waals surface area contributed by atoms with Gasteiger partial charge in [-0.25, -0.2) is 0 Å². The van der Waals surface area contributed by atoms with Gasteiger partial charge in [-0.15, -0.1) is 0 Å². The van der Waals surface area contributed by atoms with Crippen molar-refractivity contribution < 1.29 is 0 Å². The molecule has 0 aromatic rings. The molecule has 0 aromatic heterocycles. The minimum absolute atomic E-state index is 1.02. The van der Waals surface area contributed by atoms with Crippen LogP contribution in [0.15, 0.2) is 0 Å². The van der Waals surface area contributed by atoms with Crippen LogP contribution in [-0.2, 0) is 0 Å². The van der Waals surface area contributed by atoms with Crippen molar-refractivity contribution in [3.8, 4) is 0 Å². The van der Waals surface area contributed by atoms with Gasteiger partial charge in [0.05, 0.1) is 0 Å². The van der Waals surface area contributed by atoms with Crippen molar-refractivity contribution in [2.75, 3.05) is 0 Å². The SMILES string of the molecule is [CH2]CCCCCCCC(CCC)CCC. The zero-order valence-corrected chi connectivity index (χ0v) is 11.1. The van der Waals surface area contributed by atoms with E-state index in [1.54, 1.807) is 0 Å². The first-order valence-electron chi connectivity index (χ1n) is 7.14. The summed E-state index contributed by atoms with van der Waals surface area (Å²) in [6, 6.07) is 0. The molecule has 91 valence electrons. The second kappa shape index (κ2) is 12.1. The van der Waals surface area contributed by atoms with Crippen LogP contribution in [0, 0.1) is 12.8 Å². The van der Waals surface area contributed by atoms with Crippen LogP contribution in [-0.4, -0.2) is 0 Å². The molecule has 0 heterocycles. The number of hydrogen-bond acceptors (Lipinski definition) is 0. The van der Waals surface area contributed by atoms with Crippen molar-refractivity contribution in [3.63, 3.8) is 0 Å². The Labute approximate surface area is 97.8 Å². The smallest absolute Gasteiger partial charge is 0.0414 e. The first-order chi connectivity index (χ1) is 7.35. The topological polar surface area (TPSA) is 0 Å². The molecule has 0 heteroatoms. The van der Waals surface area contributed by atoms with Crippen LogP contribution in [0.2, 0.25) is 0 Å². The van der Waals surface area contributed by atoms with Gasteiger partial charge in [0.1, 0.15) is 0 Å². The minimum atomic E-state index is 1.02. The summed E-state index contributed by atoms with van der Waals surface area (Å²) in [4.78, 5) is 0. The Morgan fingerprint density at radius 1 is 0.733 bits per heavy atom. The summed E-state index contributed by atoms with van der Waals surface area (Å²) < 4.78 is 0. The predicted molar refractivity (Wildman–Crippen MR) is 71.0 cm³/mol. The first kappa shape index (κ1) is 15.0. The van der Waals surface area contributed by atoms with E-state index in [-0.39, 0.29) is 0 Å². The second-order valence-electron chi connectivity index (χ2n) is 4.85. The molecule has 0 aromatic carbocycles. The summed E-state index contributed by atoms with van der Waals surface area (Å²) >= 11 is 0. The molecule has 0 aliphatic carbocycles. The Morgan fingerprint density at radius 3 is 1.80 bits per heavy atom. The minimum Gasteiger partial charge on any atom is -0.0654 e. The Bertz CT molecular complexity index is 101. The van der Waals surface area contributed by atoms with E-state index in [2.05, 4.69) is 20.8 Å². The van der Waals surface area contributed by atoms with E-state index in [1.807, 2.05) is 0 Å². The van der Waals surface area contributed by atoms with Crippen molar-refractivity contribution >= 4 is 0 Å². The van der Waals surface area contributed by atoms with E-state index in [0.717, 1.165) is 12.3 Å². The second-order valence-corrected chi connectivity index (χ2v) is 4.85. The van der Waals surface area contributed by atoms with Gasteiger partial charge in [0.15, 0.2) is 0 Å². The van der Waals surface area contributed by atoms with Gasteiger partial charge in [-0.05, 0) is 5.92 Å². The lowest BCUT2D eigenvalue weighted by Crippen LogP contribution is -1.99. The van der Waals surface area contributed by atoms with Gasteiger partial charge in [-0.2, -0.15) is 0 Å². The maximum atomic E-state index is 3.88. The van der Waals surface area contributed by atoms with E-state index in [9.17, 15) is 0 Å². The van der Waals surface area contributed by atoms with Crippen LogP contribution >= 0.6 is 0 Å². The summed E-state index contributed by atoms with van der Waals surface area (Å²) in [5.41, 5.74) is 0. The van der Waals surface area contributed by atoms with Crippen LogP contribution in [0.5, 0.6) is 0 Å². The highest BCUT2D eigenvalue weighted by Crippen LogP contribution is 2.21. The molecule has 0 saturated carbocycles. The highest BCUT2D eigenvalue weighted by atomic mass is 14.1. The van der Waals surface area contributed by atoms with E-state index in [1.165, 1.54) is 64.2 Å². The van der Waals surface area contributed by atoms with Crippen molar-refractivity contribution in [1.82, 2.24) is 0 Å². The lowest BCUT2D eigenvalue weighted by molar-refractivity contribution is 0.391. The molecule has 0 N–H and O–H groups in total. The summed E-state index contributed by atoms with van der Waals surface area (Å²) in [6.07, 6.45) is 15.3. The van der Waals surface area contributed by atoms with Crippen molar-refractivity contribution in [2.24, 2.45) is 5.92 Å². The molecule has 15 heavy (non-hydrogen) atoms. The molecule has 0 unspecified atom stereocenters. The average molecular weight is 211 g/mol. The molecule has 0 fully saturated rings. The molecule has 0 rings (SSSR count). The molecule has 1 radical (unpaired) electrons. The van der Waals surface area contributed by atoms with Gasteiger partial charge in [-0.1, -0.05) is 91.4 Å². The summed E-state index contributed by atoms with van der Waals surface area (Å²) in [5, 5.41) is 0. The van der Waals surface area contributed by atoms with Gasteiger partial charge in [-0.3, -0.25) is 0 Å². The molecule has 0 amide bonds. The Balaban J connectivity index is 3.28. The fourth-order valence-electron chi connectivity index (χ4n) is 2.39. The fraction of sp³-hybridized carbons (Fsp3) is 0.933. The van der Waals surface area contributed by atoms with Crippen LogP contribution < -0.4 is 0 Å². The summed E-state index contributed by atoms with van der Waals surface area (Å²) in [7, 11) is 0. The molecule has 0 bridgehead atoms. The standard InChI is InChI=1S/C15H31/c1-4-7-8-9-10-11-14-15(12-5-2)13-6-3/h15H,1,4-14H2,2-3H3. The largest absolute Gasteiger partial charge is 0.0654 e. The van der Waals surface area contributed by atoms with E-state index >= 15 is 0 Å². The lowest BCUT2D eigenvalue weighted by Gasteiger charge is -2.14. The quantitative estimate of drug-likeness (QED) is 0.381. The molecule has 0 aliphatic rings. The van der Waals surface area contributed by atoms with E-state index < -0.39 is 0 Å². The zero-order valence-electron chi connectivity index (χ0n) is 11.1. The molecular weight excluding hydrogens is 180 g/mol. The lowest BCUT2D eigenvalue weighted by atomic mass is 9.92. The molecular formula is C15H31. The Hall–Kier alpha value is 0. The van der Waals surface area contributed by atoms with Gasteiger partial charge in [0.2, 0.25) is 0 Å². The van der Waals surface area contributed by atoms with Gasteiger partial charge >= 0.3 is 0 Å². The van der Waals surface area contributed by atoms with Gasteiger partial charge in [0, 0.05) is 0 Å². The molecule has 0 nitrogen and oxygen atoms in total. The highest BCUT2D eigenvalue weighted by Gasteiger charge is 2.05. The zero-order chi connectivity index (χ0) is 11.4. The summed E-state index contributed by atoms with van der Waals surface area (Å²) in [6.45, 7) is 8.51. The normalized spacial score (nSPS) is 11.2.